The first-order valence-electron chi connectivity index (χ1n) is 5.08. The number of amides is 1. The van der Waals surface area contributed by atoms with Gasteiger partial charge in [0.1, 0.15) is 11.9 Å². The van der Waals surface area contributed by atoms with E-state index in [2.05, 4.69) is 21.2 Å². The van der Waals surface area contributed by atoms with Gasteiger partial charge in [0.2, 0.25) is 5.91 Å². The van der Waals surface area contributed by atoms with Gasteiger partial charge in [-0.1, -0.05) is 6.07 Å². The number of hydrogen-bond donors (Lipinski definition) is 2. The molecule has 1 aliphatic rings. The standard InChI is InChI=1S/C11H12BrFN2O/c12-8-4-1-6(5-9(8)13)10(11(14)16)15-7-2-3-7/h1,4-5,7,10,15H,2-3H2,(H2,14,16). The Kier molecular flexibility index (Phi) is 3.25. The molecule has 16 heavy (non-hydrogen) atoms. The van der Waals surface area contributed by atoms with Crippen molar-refractivity contribution in [3.63, 3.8) is 0 Å². The predicted molar refractivity (Wildman–Crippen MR) is 62.2 cm³/mol. The molecule has 1 aromatic rings. The lowest BCUT2D eigenvalue weighted by Gasteiger charge is -2.15. The lowest BCUT2D eigenvalue weighted by molar-refractivity contribution is -0.120. The van der Waals surface area contributed by atoms with E-state index in [1.807, 2.05) is 0 Å². The number of rotatable bonds is 4. The molecule has 3 N–H and O–H groups in total. The number of carbonyl (C=O) groups is 1. The van der Waals surface area contributed by atoms with Gasteiger partial charge in [0.15, 0.2) is 0 Å². The first kappa shape index (κ1) is 11.5. The molecule has 0 heterocycles. The molecule has 5 heteroatoms. The molecule has 0 saturated heterocycles. The fraction of sp³-hybridized carbons (Fsp3) is 0.364. The fourth-order valence-electron chi connectivity index (χ4n) is 1.52. The van der Waals surface area contributed by atoms with Crippen molar-refractivity contribution >= 4 is 21.8 Å². The van der Waals surface area contributed by atoms with Crippen molar-refractivity contribution < 1.29 is 9.18 Å². The van der Waals surface area contributed by atoms with E-state index in [1.165, 1.54) is 6.07 Å². The summed E-state index contributed by atoms with van der Waals surface area (Å²) in [5.74, 6) is -0.866. The Morgan fingerprint density at radius 2 is 2.25 bits per heavy atom. The predicted octanol–water partition coefficient (Wildman–Crippen LogP) is 1.87. The molecule has 0 bridgehead atoms. The summed E-state index contributed by atoms with van der Waals surface area (Å²) < 4.78 is 13.7. The van der Waals surface area contributed by atoms with Crippen molar-refractivity contribution in [3.05, 3.63) is 34.1 Å². The molecule has 1 amide bonds. The van der Waals surface area contributed by atoms with Crippen molar-refractivity contribution in [3.8, 4) is 0 Å². The van der Waals surface area contributed by atoms with Gasteiger partial charge in [-0.05, 0) is 46.5 Å². The average Bonchev–Trinajstić information content (AvgIpc) is 3.02. The topological polar surface area (TPSA) is 55.1 Å². The van der Waals surface area contributed by atoms with Crippen molar-refractivity contribution in [1.29, 1.82) is 0 Å². The van der Waals surface area contributed by atoms with Crippen LogP contribution in [-0.2, 0) is 4.79 Å². The average molecular weight is 287 g/mol. The normalized spacial score (nSPS) is 17.1. The van der Waals surface area contributed by atoms with E-state index in [0.29, 0.717) is 16.1 Å². The highest BCUT2D eigenvalue weighted by molar-refractivity contribution is 9.10. The molecule has 0 aromatic heterocycles. The number of primary amides is 1. The number of benzene rings is 1. The molecular weight excluding hydrogens is 275 g/mol. The van der Waals surface area contributed by atoms with E-state index in [9.17, 15) is 9.18 Å². The van der Waals surface area contributed by atoms with Crippen molar-refractivity contribution in [1.82, 2.24) is 5.32 Å². The van der Waals surface area contributed by atoms with Crippen LogP contribution in [0.2, 0.25) is 0 Å². The molecule has 1 aromatic carbocycles. The van der Waals surface area contributed by atoms with E-state index in [4.69, 9.17) is 5.73 Å². The Morgan fingerprint density at radius 3 is 2.75 bits per heavy atom. The second-order valence-corrected chi connectivity index (χ2v) is 4.80. The summed E-state index contributed by atoms with van der Waals surface area (Å²) >= 11 is 3.07. The maximum atomic E-state index is 13.3. The van der Waals surface area contributed by atoms with Gasteiger partial charge in [-0.15, -0.1) is 0 Å². The summed E-state index contributed by atoms with van der Waals surface area (Å²) in [6, 6.07) is 4.33. The summed E-state index contributed by atoms with van der Waals surface area (Å²) in [6.45, 7) is 0. The number of halogens is 2. The summed E-state index contributed by atoms with van der Waals surface area (Å²) in [6.07, 6.45) is 2.09. The minimum atomic E-state index is -0.602. The first-order valence-corrected chi connectivity index (χ1v) is 5.87. The largest absolute Gasteiger partial charge is 0.368 e. The molecule has 1 aliphatic carbocycles. The number of nitrogens with two attached hydrogens (primary N) is 1. The zero-order valence-electron chi connectivity index (χ0n) is 8.54. The zero-order valence-corrected chi connectivity index (χ0v) is 10.1. The van der Waals surface area contributed by atoms with Crippen LogP contribution in [0.4, 0.5) is 4.39 Å². The van der Waals surface area contributed by atoms with E-state index in [-0.39, 0.29) is 5.82 Å². The van der Waals surface area contributed by atoms with Crippen molar-refractivity contribution in [2.75, 3.05) is 0 Å². The smallest absolute Gasteiger partial charge is 0.239 e. The monoisotopic (exact) mass is 286 g/mol. The molecule has 1 fully saturated rings. The van der Waals surface area contributed by atoms with Gasteiger partial charge in [-0.2, -0.15) is 0 Å². The van der Waals surface area contributed by atoms with Crippen LogP contribution in [0.15, 0.2) is 22.7 Å². The minimum Gasteiger partial charge on any atom is -0.368 e. The minimum absolute atomic E-state index is 0.337. The summed E-state index contributed by atoms with van der Waals surface area (Å²) in [7, 11) is 0. The van der Waals surface area contributed by atoms with Crippen LogP contribution in [0.25, 0.3) is 0 Å². The number of hydrogen-bond acceptors (Lipinski definition) is 2. The van der Waals surface area contributed by atoms with E-state index < -0.39 is 11.9 Å². The molecule has 3 nitrogen and oxygen atoms in total. The zero-order chi connectivity index (χ0) is 11.7. The van der Waals surface area contributed by atoms with Crippen LogP contribution < -0.4 is 11.1 Å². The molecule has 1 saturated carbocycles. The van der Waals surface area contributed by atoms with Crippen LogP contribution in [0.5, 0.6) is 0 Å². The van der Waals surface area contributed by atoms with Gasteiger partial charge < -0.3 is 5.73 Å². The molecule has 0 spiro atoms. The Balaban J connectivity index is 2.22. The van der Waals surface area contributed by atoms with Crippen LogP contribution in [-0.4, -0.2) is 11.9 Å². The van der Waals surface area contributed by atoms with E-state index in [1.54, 1.807) is 12.1 Å². The second kappa shape index (κ2) is 4.51. The van der Waals surface area contributed by atoms with Gasteiger partial charge in [0, 0.05) is 6.04 Å². The highest BCUT2D eigenvalue weighted by Crippen LogP contribution is 2.26. The molecular formula is C11H12BrFN2O. The lowest BCUT2D eigenvalue weighted by atomic mass is 10.1. The molecule has 0 aliphatic heterocycles. The molecule has 1 atom stereocenters. The van der Waals surface area contributed by atoms with Gasteiger partial charge >= 0.3 is 0 Å². The van der Waals surface area contributed by atoms with Crippen LogP contribution >= 0.6 is 15.9 Å². The lowest BCUT2D eigenvalue weighted by Crippen LogP contribution is -2.34. The van der Waals surface area contributed by atoms with E-state index >= 15 is 0 Å². The third-order valence-electron chi connectivity index (χ3n) is 2.54. The quantitative estimate of drug-likeness (QED) is 0.888. The highest BCUT2D eigenvalue weighted by atomic mass is 79.9. The molecule has 1 unspecified atom stereocenters. The van der Waals surface area contributed by atoms with E-state index in [0.717, 1.165) is 12.8 Å². The number of nitrogens with one attached hydrogen (secondary N) is 1. The number of carbonyl (C=O) groups excluding carboxylic acids is 1. The molecule has 86 valence electrons. The van der Waals surface area contributed by atoms with Crippen LogP contribution in [0.1, 0.15) is 24.4 Å². The Hall–Kier alpha value is -0.940. The Morgan fingerprint density at radius 1 is 1.56 bits per heavy atom. The summed E-state index contributed by atoms with van der Waals surface area (Å²) in [4.78, 5) is 11.3. The van der Waals surface area contributed by atoms with Gasteiger partial charge in [0.05, 0.1) is 4.47 Å². The van der Waals surface area contributed by atoms with Crippen LogP contribution in [0, 0.1) is 5.82 Å². The fourth-order valence-corrected chi connectivity index (χ4v) is 1.77. The Labute approximate surface area is 101 Å². The third kappa shape index (κ3) is 2.59. The van der Waals surface area contributed by atoms with Crippen molar-refractivity contribution in [2.45, 2.75) is 24.9 Å². The van der Waals surface area contributed by atoms with Gasteiger partial charge in [0.25, 0.3) is 0 Å². The van der Waals surface area contributed by atoms with Crippen molar-refractivity contribution in [2.24, 2.45) is 5.73 Å². The summed E-state index contributed by atoms with van der Waals surface area (Å²) in [5, 5.41) is 3.10. The second-order valence-electron chi connectivity index (χ2n) is 3.95. The van der Waals surface area contributed by atoms with Gasteiger partial charge in [-0.3, -0.25) is 10.1 Å². The first-order chi connectivity index (χ1) is 7.58. The Bertz CT molecular complexity index is 420. The maximum absolute atomic E-state index is 13.3. The maximum Gasteiger partial charge on any atom is 0.239 e. The molecule has 2 rings (SSSR count). The van der Waals surface area contributed by atoms with Gasteiger partial charge in [-0.25, -0.2) is 4.39 Å². The molecule has 0 radical (unpaired) electrons. The SMILES string of the molecule is NC(=O)C(NC1CC1)c1ccc(Br)c(F)c1. The summed E-state index contributed by atoms with van der Waals surface area (Å²) in [5.41, 5.74) is 5.87. The van der Waals surface area contributed by atoms with Crippen LogP contribution in [0.3, 0.4) is 0 Å². The highest BCUT2D eigenvalue weighted by Gasteiger charge is 2.28. The third-order valence-corrected chi connectivity index (χ3v) is 3.18.